The largest absolute Gasteiger partial charge is 0.481 e. The highest BCUT2D eigenvalue weighted by molar-refractivity contribution is 5.94. The van der Waals surface area contributed by atoms with Crippen LogP contribution in [-0.2, 0) is 43.0 Å². The van der Waals surface area contributed by atoms with Crippen LogP contribution in [0.3, 0.4) is 0 Å². The predicted octanol–water partition coefficient (Wildman–Crippen LogP) is 1.86. The molecule has 0 aromatic rings. The zero-order valence-electron chi connectivity index (χ0n) is 27.3. The number of ether oxygens (including phenoxy) is 3. The Kier molecular flexibility index (Phi) is 17.0. The van der Waals surface area contributed by atoms with Gasteiger partial charge in [0.25, 0.3) is 0 Å². The maximum absolute atomic E-state index is 13.0. The van der Waals surface area contributed by atoms with Crippen molar-refractivity contribution in [1.82, 2.24) is 10.6 Å². The molecule has 0 aromatic heterocycles. The standard InChI is InChI=1S/C30H53N3O10/c1-28(2,3)41-16-19(31)22(34)10-13-25(37)32-20(17-42-29(4,5)6)23(35)11-14-26(38)33-21(18-43-30(7,8)9)24(36)12-15-27(39)40/h19-21H,10-18,31H2,1-9H3,(H,32,37)(H,33,38)(H,39,40)/t19-,20-,21-/m0/s1. The van der Waals surface area contributed by atoms with Crippen molar-refractivity contribution in [3.8, 4) is 0 Å². The van der Waals surface area contributed by atoms with E-state index in [2.05, 4.69) is 10.6 Å². The fourth-order valence-electron chi connectivity index (χ4n) is 3.30. The minimum Gasteiger partial charge on any atom is -0.481 e. The van der Waals surface area contributed by atoms with Gasteiger partial charge in [0.05, 0.1) is 49.1 Å². The first-order valence-electron chi connectivity index (χ1n) is 14.5. The highest BCUT2D eigenvalue weighted by Gasteiger charge is 2.27. The van der Waals surface area contributed by atoms with Crippen molar-refractivity contribution in [3.63, 3.8) is 0 Å². The average molecular weight is 616 g/mol. The second-order valence-electron chi connectivity index (χ2n) is 13.4. The summed E-state index contributed by atoms with van der Waals surface area (Å²) in [6, 6.07) is -3.05. The highest BCUT2D eigenvalue weighted by atomic mass is 16.5. The number of hydrogen-bond acceptors (Lipinski definition) is 10. The minimum atomic E-state index is -1.15. The summed E-state index contributed by atoms with van der Waals surface area (Å²) < 4.78 is 16.8. The van der Waals surface area contributed by atoms with E-state index in [9.17, 15) is 28.8 Å². The second kappa shape index (κ2) is 18.2. The summed E-state index contributed by atoms with van der Waals surface area (Å²) in [6.07, 6.45) is -1.58. The molecule has 0 saturated carbocycles. The molecule has 0 radical (unpaired) electrons. The molecule has 43 heavy (non-hydrogen) atoms. The molecule has 0 fully saturated rings. The van der Waals surface area contributed by atoms with Crippen LogP contribution in [0.1, 0.15) is 101 Å². The number of carboxylic acids is 1. The molecule has 13 nitrogen and oxygen atoms in total. The molecule has 0 bridgehead atoms. The van der Waals surface area contributed by atoms with Crippen molar-refractivity contribution in [2.45, 2.75) is 136 Å². The molecule has 0 aliphatic carbocycles. The number of Topliss-reactive ketones (excluding diaryl/α,β-unsaturated/α-hetero) is 3. The van der Waals surface area contributed by atoms with Gasteiger partial charge in [0.1, 0.15) is 12.1 Å². The number of rotatable bonds is 20. The Morgan fingerprint density at radius 3 is 1.23 bits per heavy atom. The summed E-state index contributed by atoms with van der Waals surface area (Å²) in [7, 11) is 0. The van der Waals surface area contributed by atoms with Gasteiger partial charge in [0.15, 0.2) is 17.3 Å². The van der Waals surface area contributed by atoms with Crippen molar-refractivity contribution in [3.05, 3.63) is 0 Å². The van der Waals surface area contributed by atoms with Crippen LogP contribution in [0.25, 0.3) is 0 Å². The van der Waals surface area contributed by atoms with Crippen molar-refractivity contribution in [2.24, 2.45) is 5.73 Å². The van der Waals surface area contributed by atoms with E-state index in [-0.39, 0.29) is 57.7 Å². The number of aliphatic carboxylic acids is 1. The first-order valence-corrected chi connectivity index (χ1v) is 14.5. The van der Waals surface area contributed by atoms with Gasteiger partial charge < -0.3 is 35.7 Å². The first kappa shape index (κ1) is 40.3. The van der Waals surface area contributed by atoms with Crippen LogP contribution in [0, 0.1) is 0 Å². The summed E-state index contributed by atoms with van der Waals surface area (Å²) in [5.41, 5.74) is 4.18. The maximum Gasteiger partial charge on any atom is 0.303 e. The van der Waals surface area contributed by atoms with Gasteiger partial charge in [-0.2, -0.15) is 0 Å². The van der Waals surface area contributed by atoms with E-state index in [0.717, 1.165) is 0 Å². The van der Waals surface area contributed by atoms with E-state index in [4.69, 9.17) is 25.1 Å². The molecule has 0 aromatic carbocycles. The molecular formula is C30H53N3O10. The number of ketones is 3. The van der Waals surface area contributed by atoms with Gasteiger partial charge in [-0.15, -0.1) is 0 Å². The molecule has 0 saturated heterocycles. The number of nitrogens with two attached hydrogens (primary N) is 1. The van der Waals surface area contributed by atoms with E-state index in [1.807, 2.05) is 20.8 Å². The quantitative estimate of drug-likeness (QED) is 0.156. The lowest BCUT2D eigenvalue weighted by Gasteiger charge is -2.25. The lowest BCUT2D eigenvalue weighted by Crippen LogP contribution is -2.47. The number of carboxylic acid groups (broad SMARTS) is 1. The monoisotopic (exact) mass is 615 g/mol. The number of nitrogens with one attached hydrogen (secondary N) is 2. The van der Waals surface area contributed by atoms with Crippen LogP contribution in [0.4, 0.5) is 0 Å². The van der Waals surface area contributed by atoms with Gasteiger partial charge in [0.2, 0.25) is 11.8 Å². The van der Waals surface area contributed by atoms with Crippen LogP contribution in [0.5, 0.6) is 0 Å². The van der Waals surface area contributed by atoms with Crippen molar-refractivity contribution >= 4 is 35.1 Å². The third-order valence-corrected chi connectivity index (χ3v) is 5.71. The topological polar surface area (TPSA) is 200 Å². The van der Waals surface area contributed by atoms with E-state index in [0.29, 0.717) is 0 Å². The van der Waals surface area contributed by atoms with E-state index < -0.39 is 70.7 Å². The van der Waals surface area contributed by atoms with Crippen molar-refractivity contribution in [1.29, 1.82) is 0 Å². The van der Waals surface area contributed by atoms with Crippen LogP contribution in [-0.4, -0.2) is 95.0 Å². The Morgan fingerprint density at radius 2 is 0.884 bits per heavy atom. The highest BCUT2D eigenvalue weighted by Crippen LogP contribution is 2.12. The molecule has 13 heteroatoms. The molecule has 0 rings (SSSR count). The third kappa shape index (κ3) is 21.6. The molecule has 0 aliphatic rings. The van der Waals surface area contributed by atoms with Gasteiger partial charge in [-0.1, -0.05) is 0 Å². The number of carbonyl (C=O) groups excluding carboxylic acids is 5. The molecular weight excluding hydrogens is 562 g/mol. The van der Waals surface area contributed by atoms with Gasteiger partial charge in [-0.3, -0.25) is 28.8 Å². The van der Waals surface area contributed by atoms with Gasteiger partial charge in [-0.25, -0.2) is 0 Å². The van der Waals surface area contributed by atoms with Crippen LogP contribution in [0.15, 0.2) is 0 Å². The fraction of sp³-hybridized carbons (Fsp3) is 0.800. The van der Waals surface area contributed by atoms with Crippen molar-refractivity contribution in [2.75, 3.05) is 19.8 Å². The molecule has 2 amide bonds. The maximum atomic E-state index is 13.0. The van der Waals surface area contributed by atoms with Crippen LogP contribution >= 0.6 is 0 Å². The van der Waals surface area contributed by atoms with E-state index >= 15 is 0 Å². The lowest BCUT2D eigenvalue weighted by atomic mass is 10.0. The Balaban J connectivity index is 5.22. The number of carbonyl (C=O) groups is 6. The van der Waals surface area contributed by atoms with Crippen molar-refractivity contribution < 1.29 is 48.1 Å². The second-order valence-corrected chi connectivity index (χ2v) is 13.4. The molecule has 5 N–H and O–H groups in total. The summed E-state index contributed by atoms with van der Waals surface area (Å²) in [5, 5.41) is 14.0. The average Bonchev–Trinajstić information content (AvgIpc) is 2.86. The fourth-order valence-corrected chi connectivity index (χ4v) is 3.30. The molecule has 248 valence electrons. The van der Waals surface area contributed by atoms with Crippen LogP contribution in [0.2, 0.25) is 0 Å². The van der Waals surface area contributed by atoms with E-state index in [1.54, 1.807) is 41.5 Å². The molecule has 0 aliphatic heterocycles. The Bertz CT molecular complexity index is 961. The van der Waals surface area contributed by atoms with Gasteiger partial charge >= 0.3 is 5.97 Å². The van der Waals surface area contributed by atoms with E-state index in [1.165, 1.54) is 0 Å². The summed E-state index contributed by atoms with van der Waals surface area (Å²) in [5.74, 6) is -3.65. The normalized spacial score (nSPS) is 14.4. The molecule has 0 spiro atoms. The lowest BCUT2D eigenvalue weighted by molar-refractivity contribution is -0.139. The Labute approximate surface area is 255 Å². The molecule has 0 heterocycles. The summed E-state index contributed by atoms with van der Waals surface area (Å²) in [6.45, 7) is 15.9. The Morgan fingerprint density at radius 1 is 0.558 bits per heavy atom. The summed E-state index contributed by atoms with van der Waals surface area (Å²) >= 11 is 0. The number of hydrogen-bond donors (Lipinski definition) is 4. The third-order valence-electron chi connectivity index (χ3n) is 5.71. The Hall–Kier alpha value is -2.74. The molecule has 0 unspecified atom stereocenters. The summed E-state index contributed by atoms with van der Waals surface area (Å²) in [4.78, 5) is 74.1. The SMILES string of the molecule is CC(C)(C)OC[C@H](NC(=O)CCC(=O)[C@H](COC(C)(C)C)NC(=O)CCC(=O)[C@@H](N)COC(C)(C)C)C(=O)CCC(=O)O. The minimum absolute atomic E-state index is 0.0148. The predicted molar refractivity (Wildman–Crippen MR) is 159 cm³/mol. The van der Waals surface area contributed by atoms with Crippen LogP contribution < -0.4 is 16.4 Å². The first-order chi connectivity index (χ1) is 19.5. The smallest absolute Gasteiger partial charge is 0.303 e. The zero-order valence-corrected chi connectivity index (χ0v) is 27.3. The van der Waals surface area contributed by atoms with Gasteiger partial charge in [0, 0.05) is 32.1 Å². The van der Waals surface area contributed by atoms with Gasteiger partial charge in [-0.05, 0) is 62.3 Å². The number of amides is 2. The zero-order chi connectivity index (χ0) is 33.6. The molecule has 3 atom stereocenters.